The topological polar surface area (TPSA) is 103 Å². The van der Waals surface area contributed by atoms with Gasteiger partial charge in [0.1, 0.15) is 5.82 Å². The molecule has 3 aliphatic rings. The highest BCUT2D eigenvalue weighted by Crippen LogP contribution is 2.28. The summed E-state index contributed by atoms with van der Waals surface area (Å²) >= 11 is 0. The number of carbonyl (C=O) groups excluding carboxylic acids is 2. The van der Waals surface area contributed by atoms with Gasteiger partial charge in [0.05, 0.1) is 25.0 Å². The number of likely N-dealkylation sites (tertiary alicyclic amines) is 1. The second-order valence-electron chi connectivity index (χ2n) is 8.10. The van der Waals surface area contributed by atoms with Gasteiger partial charge in [-0.3, -0.25) is 14.7 Å². The van der Waals surface area contributed by atoms with Crippen LogP contribution in [0.25, 0.3) is 0 Å². The van der Waals surface area contributed by atoms with Gasteiger partial charge in [0, 0.05) is 45.2 Å². The van der Waals surface area contributed by atoms with Gasteiger partial charge in [0.25, 0.3) is 0 Å². The molecule has 2 N–H and O–H groups in total. The molecule has 4 heterocycles. The molecule has 0 unspecified atom stereocenters. The number of piperidine rings is 2. The number of H-pyrrole nitrogens is 1. The molecule has 1 aromatic heterocycles. The van der Waals surface area contributed by atoms with Crippen LogP contribution in [0, 0.1) is 18.8 Å². The number of amides is 2. The number of ether oxygens (including phenoxy) is 1. The summed E-state index contributed by atoms with van der Waals surface area (Å²) in [5, 5.41) is 10.5. The van der Waals surface area contributed by atoms with Crippen LogP contribution in [0.15, 0.2) is 0 Å². The van der Waals surface area contributed by atoms with Crippen LogP contribution < -0.4 is 5.32 Å². The molecule has 0 aromatic carbocycles. The maximum absolute atomic E-state index is 13.0. The molecule has 2 amide bonds. The van der Waals surface area contributed by atoms with E-state index in [2.05, 4.69) is 20.5 Å². The molecule has 1 aromatic rings. The summed E-state index contributed by atoms with van der Waals surface area (Å²) in [6, 6.07) is 0. The van der Waals surface area contributed by atoms with E-state index in [1.165, 1.54) is 0 Å². The highest BCUT2D eigenvalue weighted by molar-refractivity contribution is 5.83. The Morgan fingerprint density at radius 1 is 1.00 bits per heavy atom. The molecule has 3 fully saturated rings. The van der Waals surface area contributed by atoms with Gasteiger partial charge in [-0.25, -0.2) is 4.98 Å². The Labute approximate surface area is 165 Å². The van der Waals surface area contributed by atoms with Crippen molar-refractivity contribution in [3.8, 4) is 0 Å². The van der Waals surface area contributed by atoms with E-state index in [0.29, 0.717) is 51.7 Å². The number of nitrogens with zero attached hydrogens (tertiary/aromatic N) is 4. The van der Waals surface area contributed by atoms with Gasteiger partial charge in [0.15, 0.2) is 5.82 Å². The number of rotatable bonds is 3. The van der Waals surface area contributed by atoms with Gasteiger partial charge in [0.2, 0.25) is 11.8 Å². The van der Waals surface area contributed by atoms with Crippen molar-refractivity contribution >= 4 is 11.8 Å². The normalized spacial score (nSPS) is 27.0. The molecule has 3 saturated heterocycles. The fraction of sp³-hybridized carbons (Fsp3) is 0.789. The van der Waals surface area contributed by atoms with Gasteiger partial charge in [-0.05, 0) is 26.2 Å². The van der Waals surface area contributed by atoms with E-state index >= 15 is 0 Å². The second-order valence-corrected chi connectivity index (χ2v) is 8.10. The maximum atomic E-state index is 13.0. The van der Waals surface area contributed by atoms with Crippen molar-refractivity contribution in [2.45, 2.75) is 32.1 Å². The molecule has 0 spiro atoms. The lowest BCUT2D eigenvalue weighted by atomic mass is 9.87. The van der Waals surface area contributed by atoms with Crippen LogP contribution in [0.2, 0.25) is 0 Å². The minimum Gasteiger partial charge on any atom is -0.378 e. The largest absolute Gasteiger partial charge is 0.378 e. The number of hydrogen-bond donors (Lipinski definition) is 2. The number of aryl methyl sites for hydroxylation is 1. The third kappa shape index (κ3) is 4.20. The summed E-state index contributed by atoms with van der Waals surface area (Å²) in [5.41, 5.74) is 0. The molecule has 0 bridgehead atoms. The monoisotopic (exact) mass is 390 g/mol. The van der Waals surface area contributed by atoms with Crippen molar-refractivity contribution in [1.82, 2.24) is 30.3 Å². The number of morpholine rings is 1. The van der Waals surface area contributed by atoms with E-state index in [0.717, 1.165) is 37.6 Å². The third-order valence-corrected chi connectivity index (χ3v) is 6.16. The Morgan fingerprint density at radius 2 is 1.61 bits per heavy atom. The van der Waals surface area contributed by atoms with Crippen LogP contribution in [0.1, 0.15) is 36.8 Å². The summed E-state index contributed by atoms with van der Waals surface area (Å²) in [5.74, 6) is 2.11. The van der Waals surface area contributed by atoms with Crippen LogP contribution in [0.4, 0.5) is 0 Å². The molecule has 3 aliphatic heterocycles. The summed E-state index contributed by atoms with van der Waals surface area (Å²) < 4.78 is 5.34. The lowest BCUT2D eigenvalue weighted by Crippen LogP contribution is -2.52. The van der Waals surface area contributed by atoms with Crippen LogP contribution in [0.3, 0.4) is 0 Å². The number of hydrogen-bond acceptors (Lipinski definition) is 6. The van der Waals surface area contributed by atoms with Crippen molar-refractivity contribution in [2.75, 3.05) is 52.5 Å². The van der Waals surface area contributed by atoms with Gasteiger partial charge >= 0.3 is 0 Å². The number of carbonyl (C=O) groups is 2. The molecule has 0 radical (unpaired) electrons. The standard InChI is InChI=1S/C19H30N6O3/c1-13-21-17(23-22-13)14-2-4-24(5-3-14)18(26)15-10-16(12-20-11-15)19(27)25-6-8-28-9-7-25/h14-16,20H,2-12H2,1H3,(H,21,22,23)/t15-,16+/m0/s1. The van der Waals surface area contributed by atoms with Crippen molar-refractivity contribution in [2.24, 2.45) is 11.8 Å². The van der Waals surface area contributed by atoms with E-state index < -0.39 is 0 Å². The van der Waals surface area contributed by atoms with Crippen molar-refractivity contribution in [3.63, 3.8) is 0 Å². The summed E-state index contributed by atoms with van der Waals surface area (Å²) in [6.45, 7) is 7.20. The molecule has 0 saturated carbocycles. The Morgan fingerprint density at radius 3 is 2.18 bits per heavy atom. The smallest absolute Gasteiger partial charge is 0.227 e. The van der Waals surface area contributed by atoms with Crippen LogP contribution in [0.5, 0.6) is 0 Å². The zero-order valence-corrected chi connectivity index (χ0v) is 16.5. The Kier molecular flexibility index (Phi) is 5.91. The van der Waals surface area contributed by atoms with Gasteiger partial charge in [-0.2, -0.15) is 5.10 Å². The molecule has 4 rings (SSSR count). The second kappa shape index (κ2) is 8.57. The highest BCUT2D eigenvalue weighted by Gasteiger charge is 2.36. The van der Waals surface area contributed by atoms with Crippen molar-refractivity contribution in [3.05, 3.63) is 11.6 Å². The fourth-order valence-corrected chi connectivity index (χ4v) is 4.52. The minimum atomic E-state index is -0.119. The van der Waals surface area contributed by atoms with E-state index in [1.54, 1.807) is 0 Å². The lowest BCUT2D eigenvalue weighted by Gasteiger charge is -2.37. The molecule has 28 heavy (non-hydrogen) atoms. The van der Waals surface area contributed by atoms with E-state index in [9.17, 15) is 9.59 Å². The predicted octanol–water partition coefficient (Wildman–Crippen LogP) is -0.0964. The number of aromatic nitrogens is 3. The summed E-state index contributed by atoms with van der Waals surface area (Å²) in [7, 11) is 0. The molecule has 154 valence electrons. The molecule has 0 aliphatic carbocycles. The molecular formula is C19H30N6O3. The first-order valence-electron chi connectivity index (χ1n) is 10.4. The first kappa shape index (κ1) is 19.3. The predicted molar refractivity (Wildman–Crippen MR) is 102 cm³/mol. The Balaban J connectivity index is 1.30. The Hall–Kier alpha value is -2.00. The van der Waals surface area contributed by atoms with Crippen LogP contribution >= 0.6 is 0 Å². The van der Waals surface area contributed by atoms with Crippen LogP contribution in [-0.2, 0) is 14.3 Å². The van der Waals surface area contributed by atoms with E-state index in [4.69, 9.17) is 4.74 Å². The summed E-state index contributed by atoms with van der Waals surface area (Å²) in [4.78, 5) is 34.1. The van der Waals surface area contributed by atoms with Gasteiger partial charge in [-0.15, -0.1) is 0 Å². The average Bonchev–Trinajstić information content (AvgIpc) is 3.20. The lowest BCUT2D eigenvalue weighted by molar-refractivity contribution is -0.143. The zero-order valence-electron chi connectivity index (χ0n) is 16.5. The van der Waals surface area contributed by atoms with Gasteiger partial charge in [-0.1, -0.05) is 0 Å². The fourth-order valence-electron chi connectivity index (χ4n) is 4.52. The number of aromatic amines is 1. The highest BCUT2D eigenvalue weighted by atomic mass is 16.5. The molecule has 9 heteroatoms. The van der Waals surface area contributed by atoms with Gasteiger partial charge < -0.3 is 19.9 Å². The van der Waals surface area contributed by atoms with E-state index in [-0.39, 0.29) is 23.7 Å². The average molecular weight is 390 g/mol. The minimum absolute atomic E-state index is 0.116. The SMILES string of the molecule is Cc1nc(C2CCN(C(=O)[C@@H]3CNC[C@H](C(=O)N4CCOCC4)C3)CC2)n[nH]1. The molecule has 9 nitrogen and oxygen atoms in total. The molecular weight excluding hydrogens is 360 g/mol. The third-order valence-electron chi connectivity index (χ3n) is 6.16. The first-order valence-corrected chi connectivity index (χ1v) is 10.4. The van der Waals surface area contributed by atoms with Crippen molar-refractivity contribution in [1.29, 1.82) is 0 Å². The Bertz CT molecular complexity index is 694. The zero-order chi connectivity index (χ0) is 19.5. The summed E-state index contributed by atoms with van der Waals surface area (Å²) in [6.07, 6.45) is 2.42. The maximum Gasteiger partial charge on any atom is 0.227 e. The first-order chi connectivity index (χ1) is 13.6. The van der Waals surface area contributed by atoms with Crippen molar-refractivity contribution < 1.29 is 14.3 Å². The van der Waals surface area contributed by atoms with E-state index in [1.807, 2.05) is 16.7 Å². The molecule has 2 atom stereocenters. The van der Waals surface area contributed by atoms with Crippen LogP contribution in [-0.4, -0.2) is 89.3 Å². The number of nitrogens with one attached hydrogen (secondary N) is 2. The quantitative estimate of drug-likeness (QED) is 0.747.